The summed E-state index contributed by atoms with van der Waals surface area (Å²) >= 11 is 0. The van der Waals surface area contributed by atoms with Crippen LogP contribution < -0.4 is 5.32 Å². The van der Waals surface area contributed by atoms with E-state index in [1.165, 1.54) is 10.8 Å². The summed E-state index contributed by atoms with van der Waals surface area (Å²) in [4.78, 5) is 4.37. The molecule has 1 heterocycles. The number of anilines is 1. The molecule has 0 aliphatic heterocycles. The van der Waals surface area contributed by atoms with Crippen molar-refractivity contribution in [2.24, 2.45) is 7.05 Å². The molecular weight excluding hydrogens is 234 g/mol. The molecule has 3 aromatic rings. The maximum atomic E-state index is 4.37. The zero-order valence-corrected chi connectivity index (χ0v) is 11.2. The number of aromatic nitrogens is 2. The van der Waals surface area contributed by atoms with Crippen molar-refractivity contribution in [3.63, 3.8) is 0 Å². The van der Waals surface area contributed by atoms with E-state index in [2.05, 4.69) is 59.7 Å². The largest absolute Gasteiger partial charge is 0.375 e. The van der Waals surface area contributed by atoms with Crippen molar-refractivity contribution in [3.8, 4) is 0 Å². The predicted octanol–water partition coefficient (Wildman–Crippen LogP) is 3.75. The van der Waals surface area contributed by atoms with Gasteiger partial charge in [0.25, 0.3) is 0 Å². The van der Waals surface area contributed by atoms with Crippen molar-refractivity contribution in [3.05, 3.63) is 60.7 Å². The zero-order valence-electron chi connectivity index (χ0n) is 11.2. The van der Waals surface area contributed by atoms with E-state index in [0.29, 0.717) is 0 Å². The highest BCUT2D eigenvalue weighted by Crippen LogP contribution is 2.22. The quantitative estimate of drug-likeness (QED) is 0.768. The third kappa shape index (κ3) is 2.32. The van der Waals surface area contributed by atoms with Gasteiger partial charge in [-0.05, 0) is 29.8 Å². The molecular formula is C16H17N3. The fraction of sp³-hybridized carbons (Fsp3) is 0.188. The summed E-state index contributed by atoms with van der Waals surface area (Å²) in [6.45, 7) is 2.12. The molecule has 0 saturated heterocycles. The fourth-order valence-electron chi connectivity index (χ4n) is 2.39. The van der Waals surface area contributed by atoms with E-state index in [-0.39, 0.29) is 6.04 Å². The van der Waals surface area contributed by atoms with Crippen LogP contribution in [0.15, 0.2) is 54.9 Å². The molecule has 1 N–H and O–H groups in total. The molecule has 19 heavy (non-hydrogen) atoms. The first-order chi connectivity index (χ1) is 9.24. The van der Waals surface area contributed by atoms with Crippen molar-refractivity contribution in [1.82, 2.24) is 9.55 Å². The van der Waals surface area contributed by atoms with Crippen molar-refractivity contribution in [2.45, 2.75) is 13.0 Å². The van der Waals surface area contributed by atoms with E-state index in [1.807, 2.05) is 24.0 Å². The number of aryl methyl sites for hydroxylation is 1. The second-order valence-corrected chi connectivity index (χ2v) is 4.82. The summed E-state index contributed by atoms with van der Waals surface area (Å²) < 4.78 is 2.04. The van der Waals surface area contributed by atoms with E-state index in [9.17, 15) is 0 Å². The molecule has 1 unspecified atom stereocenters. The molecule has 0 aliphatic rings. The molecule has 0 radical (unpaired) electrons. The second kappa shape index (κ2) is 4.76. The van der Waals surface area contributed by atoms with E-state index in [1.54, 1.807) is 0 Å². The molecule has 3 nitrogen and oxygen atoms in total. The molecule has 0 bridgehead atoms. The van der Waals surface area contributed by atoms with Gasteiger partial charge in [-0.1, -0.05) is 30.3 Å². The SMILES string of the molecule is CC(Nc1ccc2ccccc2c1)c1nccn1C. The van der Waals surface area contributed by atoms with Gasteiger partial charge in [0.2, 0.25) is 0 Å². The van der Waals surface area contributed by atoms with Crippen LogP contribution in [0.3, 0.4) is 0 Å². The van der Waals surface area contributed by atoms with Crippen LogP contribution in [0.5, 0.6) is 0 Å². The first-order valence-electron chi connectivity index (χ1n) is 6.46. The van der Waals surface area contributed by atoms with Crippen molar-refractivity contribution < 1.29 is 0 Å². The van der Waals surface area contributed by atoms with E-state index >= 15 is 0 Å². The van der Waals surface area contributed by atoms with Gasteiger partial charge in [0.05, 0.1) is 6.04 Å². The number of benzene rings is 2. The van der Waals surface area contributed by atoms with Crippen LogP contribution >= 0.6 is 0 Å². The molecule has 0 fully saturated rings. The average molecular weight is 251 g/mol. The van der Waals surface area contributed by atoms with E-state index in [0.717, 1.165) is 11.5 Å². The topological polar surface area (TPSA) is 29.9 Å². The lowest BCUT2D eigenvalue weighted by Gasteiger charge is -2.15. The highest BCUT2D eigenvalue weighted by Gasteiger charge is 2.09. The molecule has 1 aromatic heterocycles. The number of imidazole rings is 1. The van der Waals surface area contributed by atoms with Crippen molar-refractivity contribution in [1.29, 1.82) is 0 Å². The summed E-state index contributed by atoms with van der Waals surface area (Å²) in [6.07, 6.45) is 3.79. The molecule has 0 aliphatic carbocycles. The molecule has 3 rings (SSSR count). The van der Waals surface area contributed by atoms with Gasteiger partial charge >= 0.3 is 0 Å². The van der Waals surface area contributed by atoms with Crippen molar-refractivity contribution >= 4 is 16.5 Å². The smallest absolute Gasteiger partial charge is 0.130 e. The van der Waals surface area contributed by atoms with Crippen LogP contribution in [0.1, 0.15) is 18.8 Å². The van der Waals surface area contributed by atoms with Gasteiger partial charge in [-0.15, -0.1) is 0 Å². The maximum absolute atomic E-state index is 4.37. The van der Waals surface area contributed by atoms with Crippen LogP contribution in [-0.2, 0) is 7.05 Å². The third-order valence-corrected chi connectivity index (χ3v) is 3.38. The van der Waals surface area contributed by atoms with Gasteiger partial charge in [0, 0.05) is 25.1 Å². The molecule has 1 atom stereocenters. The molecule has 96 valence electrons. The van der Waals surface area contributed by atoms with Gasteiger partial charge in [0.1, 0.15) is 5.82 Å². The minimum absolute atomic E-state index is 0.182. The standard InChI is InChI=1S/C16H17N3/c1-12(16-17-9-10-19(16)2)18-15-8-7-13-5-3-4-6-14(13)11-15/h3-12,18H,1-2H3. The highest BCUT2D eigenvalue weighted by molar-refractivity contribution is 5.85. The summed E-state index contributed by atoms with van der Waals surface area (Å²) in [5.41, 5.74) is 1.12. The van der Waals surface area contributed by atoms with E-state index in [4.69, 9.17) is 0 Å². The number of hydrogen-bond donors (Lipinski definition) is 1. The van der Waals surface area contributed by atoms with Gasteiger partial charge < -0.3 is 9.88 Å². The minimum Gasteiger partial charge on any atom is -0.375 e. The summed E-state index contributed by atoms with van der Waals surface area (Å²) in [6, 6.07) is 15.0. The average Bonchev–Trinajstić information content (AvgIpc) is 2.85. The third-order valence-electron chi connectivity index (χ3n) is 3.38. The van der Waals surface area contributed by atoms with Crippen molar-refractivity contribution in [2.75, 3.05) is 5.32 Å². The first-order valence-corrected chi connectivity index (χ1v) is 6.46. The number of nitrogens with one attached hydrogen (secondary N) is 1. The lowest BCUT2D eigenvalue weighted by Crippen LogP contribution is -2.11. The van der Waals surface area contributed by atoms with Gasteiger partial charge in [0.15, 0.2) is 0 Å². The Balaban J connectivity index is 1.87. The lowest BCUT2D eigenvalue weighted by molar-refractivity contribution is 0.722. The maximum Gasteiger partial charge on any atom is 0.130 e. The Morgan fingerprint density at radius 3 is 2.63 bits per heavy atom. The number of rotatable bonds is 3. The molecule has 0 spiro atoms. The molecule has 0 amide bonds. The highest BCUT2D eigenvalue weighted by atomic mass is 15.1. The van der Waals surface area contributed by atoms with E-state index < -0.39 is 0 Å². The number of nitrogens with zero attached hydrogens (tertiary/aromatic N) is 2. The zero-order chi connectivity index (χ0) is 13.2. The van der Waals surface area contributed by atoms with Gasteiger partial charge in [-0.3, -0.25) is 0 Å². The number of fused-ring (bicyclic) bond motifs is 1. The Hall–Kier alpha value is -2.29. The Labute approximate surface area is 112 Å². The van der Waals surface area contributed by atoms with Crippen LogP contribution in [0.2, 0.25) is 0 Å². The van der Waals surface area contributed by atoms with Crippen LogP contribution in [0.25, 0.3) is 10.8 Å². The minimum atomic E-state index is 0.182. The van der Waals surface area contributed by atoms with Crippen LogP contribution in [0, 0.1) is 0 Å². The molecule has 0 saturated carbocycles. The van der Waals surface area contributed by atoms with Crippen LogP contribution in [0.4, 0.5) is 5.69 Å². The fourth-order valence-corrected chi connectivity index (χ4v) is 2.39. The Morgan fingerprint density at radius 2 is 1.89 bits per heavy atom. The van der Waals surface area contributed by atoms with Crippen LogP contribution in [-0.4, -0.2) is 9.55 Å². The monoisotopic (exact) mass is 251 g/mol. The van der Waals surface area contributed by atoms with Gasteiger partial charge in [-0.2, -0.15) is 0 Å². The number of hydrogen-bond acceptors (Lipinski definition) is 2. The first kappa shape index (κ1) is 11.8. The summed E-state index contributed by atoms with van der Waals surface area (Å²) in [7, 11) is 2.01. The Kier molecular flexibility index (Phi) is 2.95. The summed E-state index contributed by atoms with van der Waals surface area (Å²) in [5, 5.41) is 6.01. The Morgan fingerprint density at radius 1 is 1.11 bits per heavy atom. The predicted molar refractivity (Wildman–Crippen MR) is 79.2 cm³/mol. The van der Waals surface area contributed by atoms with Gasteiger partial charge in [-0.25, -0.2) is 4.98 Å². The Bertz CT molecular complexity index is 700. The molecule has 2 aromatic carbocycles. The summed E-state index contributed by atoms with van der Waals surface area (Å²) in [5.74, 6) is 1.04. The lowest BCUT2D eigenvalue weighted by atomic mass is 10.1. The molecule has 3 heteroatoms. The second-order valence-electron chi connectivity index (χ2n) is 4.82. The normalized spacial score (nSPS) is 12.5.